The quantitative estimate of drug-likeness (QED) is 0.823. The Hall–Kier alpha value is -0.950. The summed E-state index contributed by atoms with van der Waals surface area (Å²) in [4.78, 5) is 4.58. The topological polar surface area (TPSA) is 52.6 Å². The van der Waals surface area contributed by atoms with Gasteiger partial charge < -0.3 is 4.90 Å². The summed E-state index contributed by atoms with van der Waals surface area (Å²) >= 11 is 0. The Kier molecular flexibility index (Phi) is 5.54. The summed E-state index contributed by atoms with van der Waals surface area (Å²) < 4.78 is 26.6. The van der Waals surface area contributed by atoms with Crippen molar-refractivity contribution in [2.45, 2.75) is 5.75 Å². The fourth-order valence-electron chi connectivity index (χ4n) is 2.28. The fraction of sp³-hybridized carbons (Fsp3) is 0.571. The molecule has 1 aliphatic rings. The second-order valence-electron chi connectivity index (χ2n) is 5.28. The van der Waals surface area contributed by atoms with E-state index in [-0.39, 0.29) is 5.75 Å². The molecule has 6 heteroatoms. The van der Waals surface area contributed by atoms with E-state index in [4.69, 9.17) is 0 Å². The molecule has 1 N–H and O–H groups in total. The monoisotopic (exact) mass is 297 g/mol. The van der Waals surface area contributed by atoms with Crippen LogP contribution in [-0.4, -0.2) is 64.5 Å². The first-order valence-electron chi connectivity index (χ1n) is 6.97. The number of likely N-dealkylation sites (N-methyl/N-ethyl adjacent to an activating group) is 1. The Balaban J connectivity index is 1.73. The van der Waals surface area contributed by atoms with Gasteiger partial charge in [0.2, 0.25) is 10.0 Å². The van der Waals surface area contributed by atoms with Crippen LogP contribution in [0, 0.1) is 0 Å². The van der Waals surface area contributed by atoms with Crippen molar-refractivity contribution < 1.29 is 8.42 Å². The molecule has 0 amide bonds. The van der Waals surface area contributed by atoms with Gasteiger partial charge in [-0.05, 0) is 12.6 Å². The van der Waals surface area contributed by atoms with Crippen LogP contribution >= 0.6 is 0 Å². The van der Waals surface area contributed by atoms with E-state index in [0.717, 1.165) is 38.3 Å². The Morgan fingerprint density at radius 3 is 2.40 bits per heavy atom. The van der Waals surface area contributed by atoms with Crippen molar-refractivity contribution in [3.8, 4) is 0 Å². The molecule has 0 bridgehead atoms. The predicted octanol–water partition coefficient (Wildman–Crippen LogP) is 0.353. The summed E-state index contributed by atoms with van der Waals surface area (Å²) in [6.45, 7) is 5.39. The standard InChI is InChI=1S/C14H23N3O2S/c1-16-9-11-17(12-10-16)8-7-15-20(18,19)13-14-5-3-2-4-6-14/h2-6,15H,7-13H2,1H3. The molecular weight excluding hydrogens is 274 g/mol. The number of piperazine rings is 1. The largest absolute Gasteiger partial charge is 0.304 e. The summed E-state index contributed by atoms with van der Waals surface area (Å²) in [6.07, 6.45) is 0. The SMILES string of the molecule is CN1CCN(CCNS(=O)(=O)Cc2ccccc2)CC1. The first-order valence-corrected chi connectivity index (χ1v) is 8.62. The van der Waals surface area contributed by atoms with Gasteiger partial charge in [-0.1, -0.05) is 30.3 Å². The number of nitrogens with zero attached hydrogens (tertiary/aromatic N) is 2. The zero-order valence-corrected chi connectivity index (χ0v) is 12.8. The van der Waals surface area contributed by atoms with Crippen LogP contribution in [-0.2, 0) is 15.8 Å². The molecule has 20 heavy (non-hydrogen) atoms. The molecule has 0 radical (unpaired) electrons. The van der Waals surface area contributed by atoms with Gasteiger partial charge in [-0.3, -0.25) is 4.90 Å². The fourth-order valence-corrected chi connectivity index (χ4v) is 3.41. The molecular formula is C14H23N3O2S. The number of rotatable bonds is 6. The average Bonchev–Trinajstić information content (AvgIpc) is 2.41. The molecule has 0 unspecified atom stereocenters. The van der Waals surface area contributed by atoms with E-state index in [1.165, 1.54) is 0 Å². The summed E-state index contributed by atoms with van der Waals surface area (Å²) in [7, 11) is -1.12. The van der Waals surface area contributed by atoms with Crippen molar-refractivity contribution in [1.29, 1.82) is 0 Å². The molecule has 0 atom stereocenters. The molecule has 0 spiro atoms. The smallest absolute Gasteiger partial charge is 0.215 e. The average molecular weight is 297 g/mol. The molecule has 1 saturated heterocycles. The third-order valence-corrected chi connectivity index (χ3v) is 4.90. The first kappa shape index (κ1) is 15.4. The van der Waals surface area contributed by atoms with Crippen LogP contribution in [0.4, 0.5) is 0 Å². The van der Waals surface area contributed by atoms with Crippen molar-refractivity contribution in [2.75, 3.05) is 46.3 Å². The molecule has 0 saturated carbocycles. The summed E-state index contributed by atoms with van der Waals surface area (Å²) in [5.41, 5.74) is 0.819. The maximum absolute atomic E-state index is 12.0. The van der Waals surface area contributed by atoms with E-state index in [9.17, 15) is 8.42 Å². The lowest BCUT2D eigenvalue weighted by Crippen LogP contribution is -2.46. The van der Waals surface area contributed by atoms with Gasteiger partial charge in [0.05, 0.1) is 5.75 Å². The third kappa shape index (κ3) is 5.20. The van der Waals surface area contributed by atoms with Crippen LogP contribution in [0.5, 0.6) is 0 Å². The van der Waals surface area contributed by atoms with Gasteiger partial charge in [-0.15, -0.1) is 0 Å². The van der Waals surface area contributed by atoms with Gasteiger partial charge in [0, 0.05) is 39.3 Å². The predicted molar refractivity (Wildman–Crippen MR) is 81.0 cm³/mol. The Morgan fingerprint density at radius 1 is 1.10 bits per heavy atom. The zero-order valence-electron chi connectivity index (χ0n) is 12.0. The molecule has 112 valence electrons. The lowest BCUT2D eigenvalue weighted by molar-refractivity contribution is 0.156. The van der Waals surface area contributed by atoms with Gasteiger partial charge in [0.15, 0.2) is 0 Å². The highest BCUT2D eigenvalue weighted by atomic mass is 32.2. The lowest BCUT2D eigenvalue weighted by Gasteiger charge is -2.32. The van der Waals surface area contributed by atoms with Crippen LogP contribution < -0.4 is 4.72 Å². The molecule has 1 aliphatic heterocycles. The van der Waals surface area contributed by atoms with Crippen LogP contribution in [0.25, 0.3) is 0 Å². The molecule has 5 nitrogen and oxygen atoms in total. The van der Waals surface area contributed by atoms with E-state index >= 15 is 0 Å². The normalized spacial score (nSPS) is 18.2. The maximum Gasteiger partial charge on any atom is 0.215 e. The molecule has 1 aromatic rings. The van der Waals surface area contributed by atoms with Crippen LogP contribution in [0.3, 0.4) is 0 Å². The highest BCUT2D eigenvalue weighted by Crippen LogP contribution is 2.04. The summed E-state index contributed by atoms with van der Waals surface area (Å²) in [6, 6.07) is 9.26. The molecule has 1 fully saturated rings. The van der Waals surface area contributed by atoms with Crippen molar-refractivity contribution in [2.24, 2.45) is 0 Å². The van der Waals surface area contributed by atoms with Gasteiger partial charge in [-0.2, -0.15) is 0 Å². The van der Waals surface area contributed by atoms with Gasteiger partial charge in [0.1, 0.15) is 0 Å². The van der Waals surface area contributed by atoms with Crippen LogP contribution in [0.15, 0.2) is 30.3 Å². The molecule has 1 aromatic carbocycles. The number of hydrogen-bond acceptors (Lipinski definition) is 4. The second-order valence-corrected chi connectivity index (χ2v) is 7.09. The number of benzene rings is 1. The van der Waals surface area contributed by atoms with Crippen molar-refractivity contribution in [3.05, 3.63) is 35.9 Å². The minimum absolute atomic E-state index is 0.0522. The van der Waals surface area contributed by atoms with Gasteiger partial charge >= 0.3 is 0 Å². The van der Waals surface area contributed by atoms with Crippen molar-refractivity contribution in [1.82, 2.24) is 14.5 Å². The number of sulfonamides is 1. The molecule has 0 aromatic heterocycles. The highest BCUT2D eigenvalue weighted by Gasteiger charge is 2.15. The van der Waals surface area contributed by atoms with Crippen LogP contribution in [0.2, 0.25) is 0 Å². The summed E-state index contributed by atoms with van der Waals surface area (Å²) in [5, 5.41) is 0. The minimum atomic E-state index is -3.23. The Morgan fingerprint density at radius 2 is 1.75 bits per heavy atom. The number of nitrogens with one attached hydrogen (secondary N) is 1. The van der Waals surface area contributed by atoms with Crippen molar-refractivity contribution >= 4 is 10.0 Å². The minimum Gasteiger partial charge on any atom is -0.304 e. The Labute approximate surface area is 121 Å². The Bertz CT molecular complexity index is 496. The maximum atomic E-state index is 12.0. The summed E-state index contributed by atoms with van der Waals surface area (Å²) in [5.74, 6) is 0.0522. The molecule has 2 rings (SSSR count). The van der Waals surface area contributed by atoms with Crippen molar-refractivity contribution in [3.63, 3.8) is 0 Å². The van der Waals surface area contributed by atoms with E-state index in [2.05, 4.69) is 21.6 Å². The van der Waals surface area contributed by atoms with E-state index in [0.29, 0.717) is 6.54 Å². The first-order chi connectivity index (χ1) is 9.55. The molecule has 1 heterocycles. The van der Waals surface area contributed by atoms with Crippen LogP contribution in [0.1, 0.15) is 5.56 Å². The number of hydrogen-bond donors (Lipinski definition) is 1. The molecule has 0 aliphatic carbocycles. The van der Waals surface area contributed by atoms with Gasteiger partial charge in [-0.25, -0.2) is 13.1 Å². The highest BCUT2D eigenvalue weighted by molar-refractivity contribution is 7.88. The third-order valence-electron chi connectivity index (χ3n) is 3.55. The zero-order chi connectivity index (χ0) is 14.4. The van der Waals surface area contributed by atoms with E-state index in [1.54, 1.807) is 0 Å². The van der Waals surface area contributed by atoms with E-state index < -0.39 is 10.0 Å². The van der Waals surface area contributed by atoms with Gasteiger partial charge in [0.25, 0.3) is 0 Å². The lowest BCUT2D eigenvalue weighted by atomic mass is 10.2. The van der Waals surface area contributed by atoms with E-state index in [1.807, 2.05) is 30.3 Å². The second kappa shape index (κ2) is 7.17.